The molecule has 0 fully saturated rings. The third-order valence-electron chi connectivity index (χ3n) is 3.32. The number of halogens is 2. The van der Waals surface area contributed by atoms with Gasteiger partial charge >= 0.3 is 0 Å². The summed E-state index contributed by atoms with van der Waals surface area (Å²) in [7, 11) is 0. The Morgan fingerprint density at radius 1 is 1.10 bits per heavy atom. The molecule has 1 heterocycles. The lowest BCUT2D eigenvalue weighted by molar-refractivity contribution is 0.103. The maximum atomic E-state index is 13.4. The fraction of sp³-hybridized carbons (Fsp3) is 0.188. The van der Waals surface area contributed by atoms with E-state index in [9.17, 15) is 9.18 Å². The molecule has 3 nitrogen and oxygen atoms in total. The van der Waals surface area contributed by atoms with Gasteiger partial charge < -0.3 is 9.47 Å². The smallest absolute Gasteiger partial charge is 0.195 e. The number of hydrogen-bond donors (Lipinski definition) is 0. The molecule has 3 rings (SSSR count). The van der Waals surface area contributed by atoms with E-state index < -0.39 is 5.82 Å². The monoisotopic (exact) mass is 306 g/mol. The van der Waals surface area contributed by atoms with Crippen LogP contribution in [0, 0.1) is 12.7 Å². The highest BCUT2D eigenvalue weighted by Crippen LogP contribution is 2.36. The second-order valence-corrected chi connectivity index (χ2v) is 5.17. The third-order valence-corrected chi connectivity index (χ3v) is 3.63. The quantitative estimate of drug-likeness (QED) is 0.792. The molecule has 0 unspecified atom stereocenters. The molecular formula is C16H12ClFO3. The molecule has 0 bridgehead atoms. The first-order valence-electron chi connectivity index (χ1n) is 6.46. The van der Waals surface area contributed by atoms with Crippen LogP contribution in [0.15, 0.2) is 30.3 Å². The Bertz CT molecular complexity index is 728. The van der Waals surface area contributed by atoms with Crippen LogP contribution in [0.4, 0.5) is 4.39 Å². The van der Waals surface area contributed by atoms with Gasteiger partial charge in [-0.25, -0.2) is 4.39 Å². The molecule has 0 saturated carbocycles. The van der Waals surface area contributed by atoms with Crippen LogP contribution in [-0.2, 0) is 0 Å². The lowest BCUT2D eigenvalue weighted by Crippen LogP contribution is -2.16. The van der Waals surface area contributed by atoms with E-state index in [-0.39, 0.29) is 21.9 Å². The predicted octanol–water partition coefficient (Wildman–Crippen LogP) is 3.79. The second-order valence-electron chi connectivity index (χ2n) is 4.76. The highest BCUT2D eigenvalue weighted by Gasteiger charge is 2.21. The van der Waals surface area contributed by atoms with Crippen molar-refractivity contribution in [1.82, 2.24) is 0 Å². The highest BCUT2D eigenvalue weighted by atomic mass is 35.5. The van der Waals surface area contributed by atoms with Crippen LogP contribution in [0.3, 0.4) is 0 Å². The summed E-state index contributed by atoms with van der Waals surface area (Å²) in [5.74, 6) is 0.188. The van der Waals surface area contributed by atoms with Crippen LogP contribution >= 0.6 is 11.6 Å². The Kier molecular flexibility index (Phi) is 3.55. The Hall–Kier alpha value is -2.07. The number of benzene rings is 2. The molecule has 0 radical (unpaired) electrons. The first-order chi connectivity index (χ1) is 10.1. The average Bonchev–Trinajstić information content (AvgIpc) is 2.48. The number of fused-ring (bicyclic) bond motifs is 1. The zero-order valence-electron chi connectivity index (χ0n) is 11.3. The van der Waals surface area contributed by atoms with Crippen molar-refractivity contribution in [3.8, 4) is 11.5 Å². The van der Waals surface area contributed by atoms with Crippen LogP contribution < -0.4 is 9.47 Å². The molecule has 0 saturated heterocycles. The number of ketones is 1. The highest BCUT2D eigenvalue weighted by molar-refractivity contribution is 6.35. The van der Waals surface area contributed by atoms with Gasteiger partial charge in [-0.05, 0) is 30.7 Å². The van der Waals surface area contributed by atoms with E-state index in [4.69, 9.17) is 21.1 Å². The number of hydrogen-bond acceptors (Lipinski definition) is 3. The molecule has 108 valence electrons. The number of carbonyl (C=O) groups is 1. The first kappa shape index (κ1) is 13.9. The number of ether oxygens (including phenoxy) is 2. The van der Waals surface area contributed by atoms with Crippen molar-refractivity contribution in [3.05, 3.63) is 57.9 Å². The molecule has 0 N–H and O–H groups in total. The molecule has 2 aromatic carbocycles. The zero-order chi connectivity index (χ0) is 15.0. The molecule has 21 heavy (non-hydrogen) atoms. The Morgan fingerprint density at radius 2 is 1.76 bits per heavy atom. The van der Waals surface area contributed by atoms with E-state index in [0.717, 1.165) is 0 Å². The van der Waals surface area contributed by atoms with Crippen molar-refractivity contribution in [2.24, 2.45) is 0 Å². The van der Waals surface area contributed by atoms with Crippen LogP contribution in [-0.4, -0.2) is 19.0 Å². The summed E-state index contributed by atoms with van der Waals surface area (Å²) in [5, 5.41) is 0.257. The van der Waals surface area contributed by atoms with Crippen LogP contribution in [0.1, 0.15) is 21.5 Å². The Balaban J connectivity index is 2.07. The molecule has 0 atom stereocenters. The van der Waals surface area contributed by atoms with Gasteiger partial charge in [0, 0.05) is 17.2 Å². The van der Waals surface area contributed by atoms with Gasteiger partial charge in [-0.15, -0.1) is 0 Å². The molecule has 0 aromatic heterocycles. The summed E-state index contributed by atoms with van der Waals surface area (Å²) in [6.45, 7) is 2.61. The van der Waals surface area contributed by atoms with E-state index in [1.807, 2.05) is 0 Å². The van der Waals surface area contributed by atoms with Gasteiger partial charge in [0.05, 0.1) is 5.02 Å². The van der Waals surface area contributed by atoms with E-state index in [1.54, 1.807) is 25.1 Å². The number of carbonyl (C=O) groups excluding carboxylic acids is 1. The first-order valence-corrected chi connectivity index (χ1v) is 6.84. The van der Waals surface area contributed by atoms with Gasteiger partial charge in [-0.2, -0.15) is 0 Å². The van der Waals surface area contributed by atoms with Crippen molar-refractivity contribution >= 4 is 17.4 Å². The van der Waals surface area contributed by atoms with E-state index in [1.165, 1.54) is 12.1 Å². The number of rotatable bonds is 2. The standard InChI is InChI=1S/C16H12ClFO3/c1-9-2-3-10(18)6-11(9)16(19)12-7-14-15(8-13(12)17)21-5-4-20-14/h2-3,6-8H,4-5H2,1H3. The topological polar surface area (TPSA) is 35.5 Å². The molecule has 5 heteroatoms. The summed E-state index contributed by atoms with van der Waals surface area (Å²) in [5.41, 5.74) is 1.25. The van der Waals surface area contributed by atoms with Gasteiger partial charge in [0.15, 0.2) is 17.3 Å². The Morgan fingerprint density at radius 3 is 2.48 bits per heavy atom. The van der Waals surface area contributed by atoms with Crippen LogP contribution in [0.25, 0.3) is 0 Å². The van der Waals surface area contributed by atoms with Crippen molar-refractivity contribution < 1.29 is 18.7 Å². The average molecular weight is 307 g/mol. The molecule has 0 spiro atoms. The molecule has 1 aliphatic rings. The maximum absolute atomic E-state index is 13.4. The lowest BCUT2D eigenvalue weighted by Gasteiger charge is -2.19. The third kappa shape index (κ3) is 2.59. The zero-order valence-corrected chi connectivity index (χ0v) is 12.0. The predicted molar refractivity (Wildman–Crippen MR) is 77.0 cm³/mol. The van der Waals surface area contributed by atoms with Crippen molar-refractivity contribution in [3.63, 3.8) is 0 Å². The largest absolute Gasteiger partial charge is 0.486 e. The fourth-order valence-electron chi connectivity index (χ4n) is 2.22. The fourth-order valence-corrected chi connectivity index (χ4v) is 2.46. The van der Waals surface area contributed by atoms with Gasteiger partial charge in [0.1, 0.15) is 19.0 Å². The van der Waals surface area contributed by atoms with Crippen LogP contribution in [0.2, 0.25) is 5.02 Å². The summed E-state index contributed by atoms with van der Waals surface area (Å²) in [6, 6.07) is 7.19. The molecule has 0 aliphatic carbocycles. The summed E-state index contributed by atoms with van der Waals surface area (Å²) in [4.78, 5) is 12.6. The van der Waals surface area contributed by atoms with Gasteiger partial charge in [0.25, 0.3) is 0 Å². The van der Waals surface area contributed by atoms with E-state index in [2.05, 4.69) is 0 Å². The lowest BCUT2D eigenvalue weighted by atomic mass is 9.98. The van der Waals surface area contributed by atoms with Crippen molar-refractivity contribution in [1.29, 1.82) is 0 Å². The van der Waals surface area contributed by atoms with Crippen molar-refractivity contribution in [2.75, 3.05) is 13.2 Å². The minimum Gasteiger partial charge on any atom is -0.486 e. The molecular weight excluding hydrogens is 295 g/mol. The molecule has 1 aliphatic heterocycles. The van der Waals surface area contributed by atoms with E-state index >= 15 is 0 Å². The summed E-state index contributed by atoms with van der Waals surface area (Å²) >= 11 is 6.15. The molecule has 2 aromatic rings. The second kappa shape index (κ2) is 5.37. The summed E-state index contributed by atoms with van der Waals surface area (Å²) in [6.07, 6.45) is 0. The maximum Gasteiger partial charge on any atom is 0.195 e. The van der Waals surface area contributed by atoms with Gasteiger partial charge in [0.2, 0.25) is 0 Å². The molecule has 0 amide bonds. The normalized spacial score (nSPS) is 13.1. The minimum absolute atomic E-state index is 0.257. The van der Waals surface area contributed by atoms with Crippen molar-refractivity contribution in [2.45, 2.75) is 6.92 Å². The van der Waals surface area contributed by atoms with Gasteiger partial charge in [-0.3, -0.25) is 4.79 Å². The Labute approximate surface area is 126 Å². The SMILES string of the molecule is Cc1ccc(F)cc1C(=O)c1cc2c(cc1Cl)OCCO2. The minimum atomic E-state index is -0.461. The van der Waals surface area contributed by atoms with Crippen LogP contribution in [0.5, 0.6) is 11.5 Å². The summed E-state index contributed by atoms with van der Waals surface area (Å²) < 4.78 is 24.2. The van der Waals surface area contributed by atoms with Gasteiger partial charge in [-0.1, -0.05) is 17.7 Å². The van der Waals surface area contributed by atoms with E-state index in [0.29, 0.717) is 30.3 Å². The number of aryl methyl sites for hydroxylation is 1.